The van der Waals surface area contributed by atoms with Crippen LogP contribution in [-0.4, -0.2) is 34.0 Å². The summed E-state index contributed by atoms with van der Waals surface area (Å²) >= 11 is 1.33. The molecule has 0 aliphatic heterocycles. The Morgan fingerprint density at radius 3 is 2.62 bits per heavy atom. The molecular weight excluding hydrogens is 330 g/mol. The number of Topliss-reactive ketones (excluding diaryl/α,β-unsaturated/α-hetero) is 1. The van der Waals surface area contributed by atoms with E-state index in [4.69, 9.17) is 4.74 Å². The first kappa shape index (κ1) is 17.9. The second kappa shape index (κ2) is 7.87. The van der Waals surface area contributed by atoms with E-state index in [9.17, 15) is 14.4 Å². The molecule has 0 bridgehead atoms. The van der Waals surface area contributed by atoms with E-state index in [1.165, 1.54) is 11.3 Å². The molecule has 0 fully saturated rings. The molecule has 128 valence electrons. The van der Waals surface area contributed by atoms with Crippen molar-refractivity contribution in [2.45, 2.75) is 26.7 Å². The number of thiophene rings is 1. The van der Waals surface area contributed by atoms with E-state index in [-0.39, 0.29) is 25.2 Å². The molecule has 24 heavy (non-hydrogen) atoms. The SMILES string of the molecule is Cc1nn(C)c(C)c1NC(=O)COC(=O)CCC(=O)c1cccs1. The third-order valence-electron chi connectivity index (χ3n) is 3.49. The van der Waals surface area contributed by atoms with E-state index in [0.29, 0.717) is 16.3 Å². The Kier molecular flexibility index (Phi) is 5.86. The predicted molar refractivity (Wildman–Crippen MR) is 90.2 cm³/mol. The number of aromatic nitrogens is 2. The van der Waals surface area contributed by atoms with Gasteiger partial charge in [0.25, 0.3) is 5.91 Å². The zero-order valence-corrected chi connectivity index (χ0v) is 14.6. The van der Waals surface area contributed by atoms with Crippen molar-refractivity contribution in [3.05, 3.63) is 33.8 Å². The molecule has 2 rings (SSSR count). The first-order valence-corrected chi connectivity index (χ1v) is 8.29. The summed E-state index contributed by atoms with van der Waals surface area (Å²) in [6.45, 7) is 3.22. The Morgan fingerprint density at radius 2 is 2.04 bits per heavy atom. The van der Waals surface area contributed by atoms with E-state index in [1.54, 1.807) is 36.2 Å². The Labute approximate surface area is 143 Å². The number of hydrogen-bond acceptors (Lipinski definition) is 6. The number of ketones is 1. The summed E-state index contributed by atoms with van der Waals surface area (Å²) in [5, 5.41) is 8.67. The lowest BCUT2D eigenvalue weighted by molar-refractivity contribution is -0.147. The lowest BCUT2D eigenvalue weighted by Gasteiger charge is -2.07. The van der Waals surface area contributed by atoms with Crippen LogP contribution in [0.2, 0.25) is 0 Å². The summed E-state index contributed by atoms with van der Waals surface area (Å²) in [5.41, 5.74) is 2.12. The van der Waals surface area contributed by atoms with Crippen molar-refractivity contribution in [2.75, 3.05) is 11.9 Å². The summed E-state index contributed by atoms with van der Waals surface area (Å²) in [6, 6.07) is 3.49. The molecule has 1 N–H and O–H groups in total. The molecule has 0 aliphatic carbocycles. The summed E-state index contributed by atoms with van der Waals surface area (Å²) < 4.78 is 6.56. The Hall–Kier alpha value is -2.48. The summed E-state index contributed by atoms with van der Waals surface area (Å²) in [5.74, 6) is -1.12. The molecule has 7 nitrogen and oxygen atoms in total. The zero-order chi connectivity index (χ0) is 17.7. The number of nitrogens with zero attached hydrogens (tertiary/aromatic N) is 2. The van der Waals surface area contributed by atoms with Crippen LogP contribution in [0.3, 0.4) is 0 Å². The fraction of sp³-hybridized carbons (Fsp3) is 0.375. The highest BCUT2D eigenvalue weighted by Gasteiger charge is 2.15. The van der Waals surface area contributed by atoms with Crippen LogP contribution in [0, 0.1) is 13.8 Å². The van der Waals surface area contributed by atoms with Gasteiger partial charge in [-0.05, 0) is 25.3 Å². The highest BCUT2D eigenvalue weighted by molar-refractivity contribution is 7.12. The number of ether oxygens (including phenoxy) is 1. The van der Waals surface area contributed by atoms with Crippen LogP contribution in [0.5, 0.6) is 0 Å². The minimum absolute atomic E-state index is 0.0467. The fourth-order valence-electron chi connectivity index (χ4n) is 2.12. The quantitative estimate of drug-likeness (QED) is 0.611. The number of hydrogen-bond donors (Lipinski definition) is 1. The van der Waals surface area contributed by atoms with Gasteiger partial charge in [-0.2, -0.15) is 5.10 Å². The molecule has 8 heteroatoms. The lowest BCUT2D eigenvalue weighted by Crippen LogP contribution is -2.21. The second-order valence-corrected chi connectivity index (χ2v) is 6.23. The minimum atomic E-state index is -0.574. The van der Waals surface area contributed by atoms with Crippen LogP contribution in [-0.2, 0) is 21.4 Å². The average molecular weight is 349 g/mol. The van der Waals surface area contributed by atoms with Crippen LogP contribution in [0.4, 0.5) is 5.69 Å². The zero-order valence-electron chi connectivity index (χ0n) is 13.8. The van der Waals surface area contributed by atoms with Gasteiger partial charge in [0, 0.05) is 13.5 Å². The number of nitrogens with one attached hydrogen (secondary N) is 1. The first-order chi connectivity index (χ1) is 11.4. The number of carbonyl (C=O) groups is 3. The first-order valence-electron chi connectivity index (χ1n) is 7.41. The smallest absolute Gasteiger partial charge is 0.306 e. The number of amides is 1. The monoisotopic (exact) mass is 349 g/mol. The maximum atomic E-state index is 11.9. The highest BCUT2D eigenvalue weighted by Crippen LogP contribution is 2.18. The van der Waals surface area contributed by atoms with Crippen LogP contribution >= 0.6 is 11.3 Å². The Bertz CT molecular complexity index is 750. The van der Waals surface area contributed by atoms with Crippen LogP contribution in [0.25, 0.3) is 0 Å². The largest absolute Gasteiger partial charge is 0.456 e. The second-order valence-electron chi connectivity index (χ2n) is 5.28. The highest BCUT2D eigenvalue weighted by atomic mass is 32.1. The standard InChI is InChI=1S/C16H19N3O4S/c1-10-16(11(2)19(3)18-10)17-14(21)9-23-15(22)7-6-12(20)13-5-4-8-24-13/h4-5,8H,6-7,9H2,1-3H3,(H,17,21). The van der Waals surface area contributed by atoms with Gasteiger partial charge < -0.3 is 10.1 Å². The summed E-state index contributed by atoms with van der Waals surface area (Å²) in [7, 11) is 1.78. The number of aryl methyl sites for hydroxylation is 2. The lowest BCUT2D eigenvalue weighted by atomic mass is 10.2. The number of rotatable bonds is 7. The molecule has 0 saturated heterocycles. The van der Waals surface area contributed by atoms with Gasteiger partial charge in [-0.3, -0.25) is 19.1 Å². The van der Waals surface area contributed by atoms with Gasteiger partial charge >= 0.3 is 5.97 Å². The molecule has 0 aromatic carbocycles. The topological polar surface area (TPSA) is 90.3 Å². The summed E-state index contributed by atoms with van der Waals surface area (Å²) in [6.07, 6.45) is 0.0246. The molecule has 2 heterocycles. The molecule has 0 unspecified atom stereocenters. The van der Waals surface area contributed by atoms with Gasteiger partial charge in [0.2, 0.25) is 0 Å². The third kappa shape index (κ3) is 4.51. The van der Waals surface area contributed by atoms with Crippen LogP contribution in [0.1, 0.15) is 33.9 Å². The van der Waals surface area contributed by atoms with E-state index < -0.39 is 11.9 Å². The molecule has 0 spiro atoms. The van der Waals surface area contributed by atoms with Gasteiger partial charge in [-0.1, -0.05) is 6.07 Å². The van der Waals surface area contributed by atoms with Crippen molar-refractivity contribution in [1.82, 2.24) is 9.78 Å². The van der Waals surface area contributed by atoms with E-state index in [0.717, 1.165) is 5.69 Å². The van der Waals surface area contributed by atoms with Gasteiger partial charge in [0.15, 0.2) is 12.4 Å². The molecular formula is C16H19N3O4S. The van der Waals surface area contributed by atoms with Crippen molar-refractivity contribution in [1.29, 1.82) is 0 Å². The van der Waals surface area contributed by atoms with Gasteiger partial charge in [0.05, 0.1) is 28.4 Å². The summed E-state index contributed by atoms with van der Waals surface area (Å²) in [4.78, 5) is 35.9. The molecule has 0 radical (unpaired) electrons. The molecule has 0 saturated carbocycles. The van der Waals surface area contributed by atoms with E-state index in [2.05, 4.69) is 10.4 Å². The van der Waals surface area contributed by atoms with Crippen molar-refractivity contribution < 1.29 is 19.1 Å². The number of carbonyl (C=O) groups excluding carboxylic acids is 3. The van der Waals surface area contributed by atoms with Crippen molar-refractivity contribution in [3.63, 3.8) is 0 Å². The maximum Gasteiger partial charge on any atom is 0.306 e. The molecule has 1 amide bonds. The molecule has 0 aliphatic rings. The normalized spacial score (nSPS) is 10.5. The van der Waals surface area contributed by atoms with Gasteiger partial charge in [-0.15, -0.1) is 11.3 Å². The third-order valence-corrected chi connectivity index (χ3v) is 4.40. The number of anilines is 1. The Morgan fingerprint density at radius 1 is 1.29 bits per heavy atom. The van der Waals surface area contributed by atoms with Crippen molar-refractivity contribution in [3.8, 4) is 0 Å². The van der Waals surface area contributed by atoms with E-state index >= 15 is 0 Å². The molecule has 0 atom stereocenters. The van der Waals surface area contributed by atoms with Crippen LogP contribution in [0.15, 0.2) is 17.5 Å². The molecule has 2 aromatic rings. The predicted octanol–water partition coefficient (Wildman–Crippen LogP) is 2.24. The van der Waals surface area contributed by atoms with Gasteiger partial charge in [-0.25, -0.2) is 0 Å². The number of esters is 1. The van der Waals surface area contributed by atoms with E-state index in [1.807, 2.05) is 6.92 Å². The minimum Gasteiger partial charge on any atom is -0.456 e. The van der Waals surface area contributed by atoms with Crippen LogP contribution < -0.4 is 5.32 Å². The maximum absolute atomic E-state index is 11.9. The average Bonchev–Trinajstić information content (AvgIpc) is 3.16. The Balaban J connectivity index is 1.75. The fourth-order valence-corrected chi connectivity index (χ4v) is 2.82. The van der Waals surface area contributed by atoms with Crippen molar-refractivity contribution >= 4 is 34.7 Å². The molecule has 2 aromatic heterocycles. The van der Waals surface area contributed by atoms with Gasteiger partial charge in [0.1, 0.15) is 0 Å². The van der Waals surface area contributed by atoms with Crippen molar-refractivity contribution in [2.24, 2.45) is 7.05 Å².